The van der Waals surface area contributed by atoms with Crippen LogP contribution in [0.4, 0.5) is 5.69 Å². The average Bonchev–Trinajstić information content (AvgIpc) is 2.53. The van der Waals surface area contributed by atoms with E-state index < -0.39 is 17.4 Å². The Hall–Kier alpha value is -3.13. The second-order valence-electron chi connectivity index (χ2n) is 4.55. The van der Waals surface area contributed by atoms with E-state index in [-0.39, 0.29) is 22.2 Å². The van der Waals surface area contributed by atoms with Gasteiger partial charge in [0.25, 0.3) is 5.91 Å². The summed E-state index contributed by atoms with van der Waals surface area (Å²) in [7, 11) is 0. The van der Waals surface area contributed by atoms with Crippen LogP contribution in [0.1, 0.15) is 5.56 Å². The Morgan fingerprint density at radius 3 is 2.88 bits per heavy atom. The number of hydrazone groups is 1. The summed E-state index contributed by atoms with van der Waals surface area (Å²) in [6.07, 6.45) is 1.34. The van der Waals surface area contributed by atoms with Crippen molar-refractivity contribution in [3.63, 3.8) is 0 Å². The summed E-state index contributed by atoms with van der Waals surface area (Å²) in [6, 6.07) is 10.1. The van der Waals surface area contributed by atoms with Crippen LogP contribution < -0.4 is 10.2 Å². The summed E-state index contributed by atoms with van der Waals surface area (Å²) in [4.78, 5) is 21.9. The molecule has 124 valence electrons. The number of nitrogens with zero attached hydrogens (tertiary/aromatic N) is 2. The van der Waals surface area contributed by atoms with Gasteiger partial charge >= 0.3 is 5.69 Å². The van der Waals surface area contributed by atoms with Crippen LogP contribution in [0.15, 0.2) is 47.6 Å². The van der Waals surface area contributed by atoms with Gasteiger partial charge in [0.05, 0.1) is 11.1 Å². The van der Waals surface area contributed by atoms with Gasteiger partial charge in [0.1, 0.15) is 5.75 Å². The van der Waals surface area contributed by atoms with Crippen molar-refractivity contribution in [1.29, 1.82) is 0 Å². The molecule has 0 unspecified atom stereocenters. The maximum Gasteiger partial charge on any atom is 0.312 e. The van der Waals surface area contributed by atoms with Crippen LogP contribution in [0.2, 0.25) is 5.02 Å². The lowest BCUT2D eigenvalue weighted by molar-refractivity contribution is -0.385. The summed E-state index contributed by atoms with van der Waals surface area (Å²) in [5.41, 5.74) is 2.46. The number of benzene rings is 2. The van der Waals surface area contributed by atoms with Crippen LogP contribution in [-0.2, 0) is 4.79 Å². The molecule has 0 radical (unpaired) electrons. The molecule has 9 heteroatoms. The van der Waals surface area contributed by atoms with Crippen LogP contribution in [0.5, 0.6) is 11.5 Å². The molecule has 1 amide bonds. The fourth-order valence-corrected chi connectivity index (χ4v) is 1.88. The van der Waals surface area contributed by atoms with Gasteiger partial charge in [0.15, 0.2) is 12.4 Å². The first-order chi connectivity index (χ1) is 11.5. The van der Waals surface area contributed by atoms with Crippen LogP contribution in [0.3, 0.4) is 0 Å². The summed E-state index contributed by atoms with van der Waals surface area (Å²) in [5.74, 6) is -0.601. The molecule has 0 aliphatic heterocycles. The number of nitrogens with one attached hydrogen (secondary N) is 1. The van der Waals surface area contributed by atoms with E-state index in [9.17, 15) is 20.0 Å². The summed E-state index contributed by atoms with van der Waals surface area (Å²) in [6.45, 7) is -0.458. The molecule has 0 aliphatic carbocycles. The Bertz CT molecular complexity index is 794. The molecule has 0 fully saturated rings. The molecule has 0 saturated carbocycles. The molecule has 24 heavy (non-hydrogen) atoms. The number of amides is 1. The molecule has 0 heterocycles. The smallest absolute Gasteiger partial charge is 0.312 e. The molecule has 0 bridgehead atoms. The number of hydrogen-bond donors (Lipinski definition) is 2. The minimum atomic E-state index is -0.654. The van der Waals surface area contributed by atoms with Crippen molar-refractivity contribution in [2.75, 3.05) is 6.61 Å². The third kappa shape index (κ3) is 4.96. The van der Waals surface area contributed by atoms with Crippen LogP contribution in [0, 0.1) is 10.1 Å². The van der Waals surface area contributed by atoms with Gasteiger partial charge in [-0.15, -0.1) is 0 Å². The van der Waals surface area contributed by atoms with Crippen LogP contribution in [-0.4, -0.2) is 28.8 Å². The molecule has 2 aromatic rings. The Morgan fingerprint density at radius 1 is 1.38 bits per heavy atom. The van der Waals surface area contributed by atoms with Gasteiger partial charge in [-0.25, -0.2) is 5.43 Å². The number of phenols is 1. The zero-order chi connectivity index (χ0) is 17.5. The number of nitro groups is 1. The summed E-state index contributed by atoms with van der Waals surface area (Å²) >= 11 is 5.69. The first kappa shape index (κ1) is 17.2. The van der Waals surface area contributed by atoms with E-state index in [1.54, 1.807) is 12.1 Å². The Morgan fingerprint density at radius 2 is 2.17 bits per heavy atom. The van der Waals surface area contributed by atoms with E-state index >= 15 is 0 Å². The van der Waals surface area contributed by atoms with Gasteiger partial charge in [-0.2, -0.15) is 5.10 Å². The SMILES string of the molecule is O=C(COc1ccc(Cl)cc1[N+](=O)[O-])N/N=C/c1cccc(O)c1. The first-order valence-corrected chi connectivity index (χ1v) is 7.01. The van der Waals surface area contributed by atoms with Crippen molar-refractivity contribution in [2.24, 2.45) is 5.10 Å². The van der Waals surface area contributed by atoms with Crippen molar-refractivity contribution >= 4 is 29.4 Å². The lowest BCUT2D eigenvalue weighted by Crippen LogP contribution is -2.24. The highest BCUT2D eigenvalue weighted by molar-refractivity contribution is 6.30. The molecule has 0 saturated heterocycles. The number of rotatable bonds is 6. The van der Waals surface area contributed by atoms with Crippen LogP contribution >= 0.6 is 11.6 Å². The van der Waals surface area contributed by atoms with E-state index in [0.29, 0.717) is 5.56 Å². The number of carbonyl (C=O) groups is 1. The molecule has 2 N–H and O–H groups in total. The van der Waals surface area contributed by atoms with E-state index in [1.807, 2.05) is 0 Å². The number of phenolic OH excluding ortho intramolecular Hbond substituents is 1. The third-order valence-electron chi connectivity index (χ3n) is 2.75. The standard InChI is InChI=1S/C15H12ClN3O5/c16-11-4-5-14(13(7-11)19(22)23)24-9-15(21)18-17-8-10-2-1-3-12(20)6-10/h1-8,20H,9H2,(H,18,21)/b17-8+. The zero-order valence-electron chi connectivity index (χ0n) is 12.2. The number of hydrogen-bond acceptors (Lipinski definition) is 6. The largest absolute Gasteiger partial charge is 0.508 e. The van der Waals surface area contributed by atoms with Gasteiger partial charge < -0.3 is 9.84 Å². The fourth-order valence-electron chi connectivity index (χ4n) is 1.71. The predicted molar refractivity (Wildman–Crippen MR) is 87.4 cm³/mol. The van der Waals surface area contributed by atoms with Crippen molar-refractivity contribution in [3.05, 3.63) is 63.2 Å². The first-order valence-electron chi connectivity index (χ1n) is 6.63. The minimum absolute atomic E-state index is 0.0727. The van der Waals surface area contributed by atoms with Crippen LogP contribution in [0.25, 0.3) is 0 Å². The van der Waals surface area contributed by atoms with E-state index in [4.69, 9.17) is 16.3 Å². The molecule has 0 atom stereocenters. The molecule has 0 spiro atoms. The van der Waals surface area contributed by atoms with Crippen molar-refractivity contribution in [2.45, 2.75) is 0 Å². The lowest BCUT2D eigenvalue weighted by atomic mass is 10.2. The van der Waals surface area contributed by atoms with E-state index in [1.165, 1.54) is 30.5 Å². The van der Waals surface area contributed by atoms with Gasteiger partial charge in [-0.05, 0) is 29.8 Å². The highest BCUT2D eigenvalue weighted by atomic mass is 35.5. The highest BCUT2D eigenvalue weighted by Gasteiger charge is 2.16. The predicted octanol–water partition coefficient (Wildman–Crippen LogP) is 2.48. The normalized spacial score (nSPS) is 10.5. The lowest BCUT2D eigenvalue weighted by Gasteiger charge is -2.05. The van der Waals surface area contributed by atoms with Crippen molar-refractivity contribution in [1.82, 2.24) is 5.43 Å². The monoisotopic (exact) mass is 349 g/mol. The fraction of sp³-hybridized carbons (Fsp3) is 0.0667. The van der Waals surface area contributed by atoms with Crippen molar-refractivity contribution < 1.29 is 19.6 Å². The molecular formula is C15H12ClN3O5. The molecule has 0 aliphatic rings. The number of aromatic hydroxyl groups is 1. The number of halogens is 1. The quantitative estimate of drug-likeness (QED) is 0.472. The Balaban J connectivity index is 1.91. The highest BCUT2D eigenvalue weighted by Crippen LogP contribution is 2.29. The number of nitro benzene ring substituents is 1. The molecule has 2 aromatic carbocycles. The second-order valence-corrected chi connectivity index (χ2v) is 4.98. The third-order valence-corrected chi connectivity index (χ3v) is 2.98. The van der Waals surface area contributed by atoms with E-state index in [0.717, 1.165) is 6.07 Å². The average molecular weight is 350 g/mol. The van der Waals surface area contributed by atoms with Gasteiger partial charge in [0.2, 0.25) is 0 Å². The zero-order valence-corrected chi connectivity index (χ0v) is 12.9. The Kier molecular flexibility index (Phi) is 5.69. The molecular weight excluding hydrogens is 338 g/mol. The second kappa shape index (κ2) is 7.93. The summed E-state index contributed by atoms with van der Waals surface area (Å²) in [5, 5.41) is 24.1. The summed E-state index contributed by atoms with van der Waals surface area (Å²) < 4.78 is 5.11. The minimum Gasteiger partial charge on any atom is -0.508 e. The number of ether oxygens (including phenoxy) is 1. The topological polar surface area (TPSA) is 114 Å². The maximum atomic E-state index is 11.6. The Labute approximate surface area is 141 Å². The number of carbonyl (C=O) groups excluding carboxylic acids is 1. The van der Waals surface area contributed by atoms with E-state index in [2.05, 4.69) is 10.5 Å². The van der Waals surface area contributed by atoms with Gasteiger partial charge in [-0.3, -0.25) is 14.9 Å². The molecule has 2 rings (SSSR count). The maximum absolute atomic E-state index is 11.6. The van der Waals surface area contributed by atoms with Crippen molar-refractivity contribution in [3.8, 4) is 11.5 Å². The molecule has 0 aromatic heterocycles. The van der Waals surface area contributed by atoms with Gasteiger partial charge in [0, 0.05) is 11.1 Å². The van der Waals surface area contributed by atoms with Gasteiger partial charge in [-0.1, -0.05) is 23.7 Å². The molecule has 8 nitrogen and oxygen atoms in total.